The van der Waals surface area contributed by atoms with Crippen molar-refractivity contribution in [2.45, 2.75) is 124 Å². The topological polar surface area (TPSA) is 84.9 Å². The van der Waals surface area contributed by atoms with Gasteiger partial charge in [-0.25, -0.2) is 4.79 Å². The second-order valence-electron chi connectivity index (χ2n) is 15.1. The minimum Gasteiger partial charge on any atom is -0.444 e. The highest BCUT2D eigenvalue weighted by Gasteiger charge is 2.62. The smallest absolute Gasteiger partial charge is 0.412 e. The zero-order valence-corrected chi connectivity index (χ0v) is 25.4. The van der Waals surface area contributed by atoms with Crippen LogP contribution in [0.4, 0.5) is 4.79 Å². The molecule has 0 unspecified atom stereocenters. The molecular formula is C32H50N2O5. The molecule has 1 saturated heterocycles. The average Bonchev–Trinajstić information content (AvgIpc) is 3.32. The van der Waals surface area contributed by atoms with E-state index in [9.17, 15) is 14.4 Å². The molecule has 1 aliphatic heterocycles. The SMILES string of the molecule is CC(=O)[C@H]1CC[C@H]2[C@@H]3CCC4=CC(=O)CC[C@]4(C)[C@H]3[C@@H](NC[C@H]3COC(C)(C)N3C(=O)OC(C)(C)C)C[C@]12C. The summed E-state index contributed by atoms with van der Waals surface area (Å²) >= 11 is 0. The first-order valence-corrected chi connectivity index (χ1v) is 15.2. The Morgan fingerprint density at radius 1 is 1.13 bits per heavy atom. The van der Waals surface area contributed by atoms with Crippen molar-refractivity contribution in [1.29, 1.82) is 0 Å². The number of nitrogens with one attached hydrogen (secondary N) is 1. The number of ether oxygens (including phenoxy) is 2. The Kier molecular flexibility index (Phi) is 7.15. The largest absolute Gasteiger partial charge is 0.444 e. The molecule has 8 atom stereocenters. The highest BCUT2D eigenvalue weighted by molar-refractivity contribution is 5.91. The molecule has 4 fully saturated rings. The predicted molar refractivity (Wildman–Crippen MR) is 150 cm³/mol. The van der Waals surface area contributed by atoms with E-state index in [1.807, 2.05) is 40.7 Å². The maximum atomic E-state index is 13.3. The lowest BCUT2D eigenvalue weighted by Crippen LogP contribution is -2.62. The highest BCUT2D eigenvalue weighted by atomic mass is 16.6. The van der Waals surface area contributed by atoms with Crippen molar-refractivity contribution in [3.8, 4) is 0 Å². The molecule has 218 valence electrons. The third-order valence-corrected chi connectivity index (χ3v) is 11.2. The molecule has 0 spiro atoms. The molecule has 5 aliphatic rings. The number of fused-ring (bicyclic) bond motifs is 5. The van der Waals surface area contributed by atoms with Crippen LogP contribution in [0.15, 0.2) is 11.6 Å². The Bertz CT molecular complexity index is 1060. The Morgan fingerprint density at radius 2 is 1.85 bits per heavy atom. The summed E-state index contributed by atoms with van der Waals surface area (Å²) in [7, 11) is 0. The zero-order valence-electron chi connectivity index (χ0n) is 25.4. The quantitative estimate of drug-likeness (QED) is 0.493. The van der Waals surface area contributed by atoms with E-state index in [1.165, 1.54) is 5.57 Å². The molecule has 0 aromatic rings. The molecule has 7 heteroatoms. The van der Waals surface area contributed by atoms with E-state index < -0.39 is 11.3 Å². The first-order chi connectivity index (χ1) is 18.1. The number of amides is 1. The maximum absolute atomic E-state index is 13.3. The van der Waals surface area contributed by atoms with Gasteiger partial charge in [0, 0.05) is 24.9 Å². The lowest BCUT2D eigenvalue weighted by molar-refractivity contribution is -0.130. The number of hydrogen-bond donors (Lipinski definition) is 1. The van der Waals surface area contributed by atoms with Crippen LogP contribution in [0.25, 0.3) is 0 Å². The summed E-state index contributed by atoms with van der Waals surface area (Å²) in [4.78, 5) is 40.3. The van der Waals surface area contributed by atoms with Crippen molar-refractivity contribution in [3.05, 3.63) is 11.6 Å². The number of rotatable bonds is 4. The van der Waals surface area contributed by atoms with Crippen LogP contribution >= 0.6 is 0 Å². The molecule has 1 heterocycles. The van der Waals surface area contributed by atoms with Gasteiger partial charge in [0.25, 0.3) is 0 Å². The van der Waals surface area contributed by atoms with E-state index in [1.54, 1.807) is 11.8 Å². The predicted octanol–water partition coefficient (Wildman–Crippen LogP) is 5.66. The molecule has 5 rings (SSSR count). The number of allylic oxidation sites excluding steroid dienone is 1. The molecule has 0 bridgehead atoms. The molecule has 7 nitrogen and oxygen atoms in total. The van der Waals surface area contributed by atoms with E-state index in [2.05, 4.69) is 19.2 Å². The highest BCUT2D eigenvalue weighted by Crippen LogP contribution is 2.66. The van der Waals surface area contributed by atoms with Gasteiger partial charge >= 0.3 is 6.09 Å². The lowest BCUT2D eigenvalue weighted by Gasteiger charge is -2.61. The van der Waals surface area contributed by atoms with Gasteiger partial charge in [-0.3, -0.25) is 14.5 Å². The molecule has 39 heavy (non-hydrogen) atoms. The molecule has 0 aromatic carbocycles. The molecule has 0 radical (unpaired) electrons. The van der Waals surface area contributed by atoms with Crippen LogP contribution in [-0.4, -0.2) is 59.1 Å². The Labute approximate surface area is 234 Å². The van der Waals surface area contributed by atoms with Crippen LogP contribution in [0.1, 0.15) is 100 Å². The minimum absolute atomic E-state index is 0.0135. The van der Waals surface area contributed by atoms with Gasteiger partial charge in [0.1, 0.15) is 17.1 Å². The first kappa shape index (κ1) is 28.8. The fourth-order valence-corrected chi connectivity index (χ4v) is 9.61. The van der Waals surface area contributed by atoms with Crippen molar-refractivity contribution < 1.29 is 23.9 Å². The Hall–Kier alpha value is -1.73. The summed E-state index contributed by atoms with van der Waals surface area (Å²) in [5.74, 6) is 2.17. The summed E-state index contributed by atoms with van der Waals surface area (Å²) in [6, 6.07) is 0.0488. The standard InChI is InChI=1S/C32H50N2O5/c1-19(35)24-11-12-25-23-10-9-20-15-22(36)13-14-31(20,7)27(23)26(16-32(24,25)8)33-17-21-18-38-30(5,6)34(21)28(37)39-29(2,3)4/h15,21,23-27,33H,9-14,16-18H2,1-8H3/t21-,23-,24+,25-,26-,27+,31-,32+/m0/s1. The molecule has 0 aromatic heterocycles. The second-order valence-corrected chi connectivity index (χ2v) is 15.1. The van der Waals surface area contributed by atoms with Gasteiger partial charge in [0.05, 0.1) is 12.6 Å². The maximum Gasteiger partial charge on any atom is 0.412 e. The summed E-state index contributed by atoms with van der Waals surface area (Å²) in [5.41, 5.74) is -0.0423. The van der Waals surface area contributed by atoms with Gasteiger partial charge in [0.15, 0.2) is 5.78 Å². The van der Waals surface area contributed by atoms with Crippen molar-refractivity contribution in [1.82, 2.24) is 10.2 Å². The van der Waals surface area contributed by atoms with Gasteiger partial charge < -0.3 is 14.8 Å². The van der Waals surface area contributed by atoms with Gasteiger partial charge in [-0.05, 0) is 115 Å². The monoisotopic (exact) mass is 542 g/mol. The average molecular weight is 543 g/mol. The van der Waals surface area contributed by atoms with Crippen LogP contribution < -0.4 is 5.32 Å². The van der Waals surface area contributed by atoms with E-state index >= 15 is 0 Å². The number of carbonyl (C=O) groups excluding carboxylic acids is 3. The Morgan fingerprint density at radius 3 is 2.51 bits per heavy atom. The molecule has 4 aliphatic carbocycles. The van der Waals surface area contributed by atoms with Gasteiger partial charge in [-0.15, -0.1) is 0 Å². The third-order valence-electron chi connectivity index (χ3n) is 11.2. The van der Waals surface area contributed by atoms with Crippen molar-refractivity contribution in [2.75, 3.05) is 13.2 Å². The number of carbonyl (C=O) groups is 3. The zero-order chi connectivity index (χ0) is 28.5. The number of ketones is 2. The van der Waals surface area contributed by atoms with Crippen molar-refractivity contribution in [3.63, 3.8) is 0 Å². The van der Waals surface area contributed by atoms with Crippen LogP contribution in [0.2, 0.25) is 0 Å². The number of hydrogen-bond acceptors (Lipinski definition) is 6. The molecule has 3 saturated carbocycles. The lowest BCUT2D eigenvalue weighted by atomic mass is 9.45. The normalized spacial score (nSPS) is 41.4. The summed E-state index contributed by atoms with van der Waals surface area (Å²) < 4.78 is 11.9. The van der Waals surface area contributed by atoms with Crippen molar-refractivity contribution >= 4 is 17.7 Å². The van der Waals surface area contributed by atoms with Gasteiger partial charge in [-0.2, -0.15) is 0 Å². The third kappa shape index (κ3) is 4.90. The minimum atomic E-state index is -0.748. The fraction of sp³-hybridized carbons (Fsp3) is 0.844. The number of Topliss-reactive ketones (excluding diaryl/α,β-unsaturated/α-hetero) is 1. The van der Waals surface area contributed by atoms with Gasteiger partial charge in [0.2, 0.25) is 0 Å². The van der Waals surface area contributed by atoms with Crippen LogP contribution in [0.3, 0.4) is 0 Å². The molecular weight excluding hydrogens is 492 g/mol. The summed E-state index contributed by atoms with van der Waals surface area (Å²) in [6.07, 6.45) is 8.26. The van der Waals surface area contributed by atoms with Crippen LogP contribution in [0, 0.1) is 34.5 Å². The number of nitrogens with zero attached hydrogens (tertiary/aromatic N) is 1. The first-order valence-electron chi connectivity index (χ1n) is 15.2. The fourth-order valence-electron chi connectivity index (χ4n) is 9.61. The van der Waals surface area contributed by atoms with E-state index in [0.717, 1.165) is 38.5 Å². The van der Waals surface area contributed by atoms with Crippen LogP contribution in [-0.2, 0) is 19.1 Å². The summed E-state index contributed by atoms with van der Waals surface area (Å²) in [5, 5.41) is 3.96. The summed E-state index contributed by atoms with van der Waals surface area (Å²) in [6.45, 7) is 17.1. The van der Waals surface area contributed by atoms with Crippen molar-refractivity contribution in [2.24, 2.45) is 34.5 Å². The molecule has 1 amide bonds. The second kappa shape index (κ2) is 9.68. The van der Waals surface area contributed by atoms with E-state index in [4.69, 9.17) is 9.47 Å². The van der Waals surface area contributed by atoms with Gasteiger partial charge in [-0.1, -0.05) is 19.4 Å². The van der Waals surface area contributed by atoms with E-state index in [0.29, 0.717) is 43.1 Å². The Balaban J connectivity index is 1.44. The van der Waals surface area contributed by atoms with Crippen LogP contribution in [0.5, 0.6) is 0 Å². The van der Waals surface area contributed by atoms with E-state index in [-0.39, 0.29) is 40.7 Å². The molecule has 1 N–H and O–H groups in total.